The van der Waals surface area contributed by atoms with Crippen LogP contribution in [0.3, 0.4) is 0 Å². The monoisotopic (exact) mass is 558 g/mol. The van der Waals surface area contributed by atoms with E-state index < -0.39 is 11.7 Å². The minimum atomic E-state index is -4.44. The van der Waals surface area contributed by atoms with E-state index in [9.17, 15) is 18.0 Å². The first-order valence-electron chi connectivity index (χ1n) is 13.6. The number of aromatic nitrogens is 3. The molecule has 2 aromatic carbocycles. The van der Waals surface area contributed by atoms with Crippen molar-refractivity contribution in [1.29, 1.82) is 0 Å². The average molecular weight is 559 g/mol. The summed E-state index contributed by atoms with van der Waals surface area (Å²) >= 11 is 0. The lowest BCUT2D eigenvalue weighted by Crippen LogP contribution is -2.45. The van der Waals surface area contributed by atoms with Gasteiger partial charge in [-0.2, -0.15) is 13.2 Å². The Kier molecular flexibility index (Phi) is 7.07. The molecule has 0 fully saturated rings. The number of carbonyl (C=O) groups is 1. The molecule has 10 heteroatoms. The lowest BCUT2D eigenvalue weighted by atomic mass is 9.84. The zero-order valence-corrected chi connectivity index (χ0v) is 22.5. The van der Waals surface area contributed by atoms with Crippen molar-refractivity contribution >= 4 is 34.4 Å². The third-order valence-electron chi connectivity index (χ3n) is 7.76. The van der Waals surface area contributed by atoms with E-state index >= 15 is 0 Å². The van der Waals surface area contributed by atoms with Gasteiger partial charge in [-0.15, -0.1) is 0 Å². The summed E-state index contributed by atoms with van der Waals surface area (Å²) in [6.45, 7) is 3.40. The molecule has 1 unspecified atom stereocenters. The van der Waals surface area contributed by atoms with Gasteiger partial charge in [0.15, 0.2) is 0 Å². The number of alkyl halides is 3. The number of anilines is 2. The second-order valence-corrected chi connectivity index (χ2v) is 10.4. The van der Waals surface area contributed by atoms with Gasteiger partial charge in [-0.25, -0.2) is 4.98 Å². The summed E-state index contributed by atoms with van der Waals surface area (Å²) in [5.41, 5.74) is 3.36. The standard InChI is InChI=1S/C31H29F3N6O/c1-20-10-13-28(36-18-22-7-5-6-15-35-22)40(23-8-3-2-4-9-23)29(41)25-19-39(16-14-24(20)25)30-37-26-12-11-21(31(32,33)34)17-27(26)38-30/h2-9,11-12,15,17,20H,10,13-14,16,18-19H2,1H3,(H,37,38). The van der Waals surface area contributed by atoms with Crippen molar-refractivity contribution in [3.63, 3.8) is 0 Å². The number of nitrogens with one attached hydrogen (secondary N) is 1. The number of nitrogens with zero attached hydrogens (tertiary/aromatic N) is 5. The summed E-state index contributed by atoms with van der Waals surface area (Å²) in [5.74, 6) is 1.17. The molecule has 210 valence electrons. The molecule has 41 heavy (non-hydrogen) atoms. The number of amidine groups is 1. The highest BCUT2D eigenvalue weighted by Crippen LogP contribution is 2.36. The Bertz CT molecular complexity index is 1630. The smallest absolute Gasteiger partial charge is 0.338 e. The predicted molar refractivity (Wildman–Crippen MR) is 153 cm³/mol. The number of pyridine rings is 1. The maximum Gasteiger partial charge on any atom is 0.416 e. The number of amides is 1. The first-order chi connectivity index (χ1) is 19.8. The van der Waals surface area contributed by atoms with E-state index in [4.69, 9.17) is 4.99 Å². The highest BCUT2D eigenvalue weighted by Gasteiger charge is 2.35. The van der Waals surface area contributed by atoms with Crippen molar-refractivity contribution in [2.75, 3.05) is 22.9 Å². The van der Waals surface area contributed by atoms with Crippen LogP contribution in [0.2, 0.25) is 0 Å². The molecule has 0 saturated carbocycles. The molecule has 4 aromatic rings. The summed E-state index contributed by atoms with van der Waals surface area (Å²) < 4.78 is 39.8. The molecule has 6 rings (SSSR count). The van der Waals surface area contributed by atoms with Gasteiger partial charge in [0.1, 0.15) is 5.84 Å². The number of aliphatic imine (C=N–C) groups is 1. The number of carbonyl (C=O) groups excluding carboxylic acids is 1. The maximum absolute atomic E-state index is 14.4. The molecule has 2 aliphatic heterocycles. The van der Waals surface area contributed by atoms with Crippen molar-refractivity contribution in [2.24, 2.45) is 10.9 Å². The predicted octanol–water partition coefficient (Wildman–Crippen LogP) is 6.55. The highest BCUT2D eigenvalue weighted by atomic mass is 19.4. The lowest BCUT2D eigenvalue weighted by molar-refractivity contribution is -0.137. The van der Waals surface area contributed by atoms with Crippen LogP contribution in [0, 0.1) is 5.92 Å². The zero-order chi connectivity index (χ0) is 28.6. The molecule has 1 amide bonds. The van der Waals surface area contributed by atoms with Gasteiger partial charge in [-0.05, 0) is 61.2 Å². The summed E-state index contributed by atoms with van der Waals surface area (Å²) in [4.78, 5) is 34.9. The molecular formula is C31H29F3N6O. The molecule has 2 aromatic heterocycles. The fourth-order valence-electron chi connectivity index (χ4n) is 5.57. The summed E-state index contributed by atoms with van der Waals surface area (Å²) in [5, 5.41) is 0. The number of para-hydroxylation sites is 1. The van der Waals surface area contributed by atoms with E-state index in [0.717, 1.165) is 35.5 Å². The number of rotatable bonds is 4. The maximum atomic E-state index is 14.4. The quantitative estimate of drug-likeness (QED) is 0.308. The largest absolute Gasteiger partial charge is 0.416 e. The number of hydrogen-bond donors (Lipinski definition) is 1. The van der Waals surface area contributed by atoms with Crippen molar-refractivity contribution < 1.29 is 18.0 Å². The van der Waals surface area contributed by atoms with Gasteiger partial charge in [0.2, 0.25) is 5.95 Å². The van der Waals surface area contributed by atoms with E-state index in [-0.39, 0.29) is 11.8 Å². The van der Waals surface area contributed by atoms with Crippen LogP contribution in [0.5, 0.6) is 0 Å². The Morgan fingerprint density at radius 1 is 1.05 bits per heavy atom. The fourth-order valence-corrected chi connectivity index (χ4v) is 5.57. The number of halogens is 3. The summed E-state index contributed by atoms with van der Waals surface area (Å²) in [6.07, 6.45) is -0.578. The van der Waals surface area contributed by atoms with Crippen LogP contribution >= 0.6 is 0 Å². The normalized spacial score (nSPS) is 19.5. The minimum absolute atomic E-state index is 0.141. The van der Waals surface area contributed by atoms with Crippen molar-refractivity contribution in [3.8, 4) is 0 Å². The molecule has 7 nitrogen and oxygen atoms in total. The Morgan fingerprint density at radius 2 is 1.85 bits per heavy atom. The summed E-state index contributed by atoms with van der Waals surface area (Å²) in [7, 11) is 0. The molecule has 0 bridgehead atoms. The van der Waals surface area contributed by atoms with Crippen molar-refractivity contribution in [1.82, 2.24) is 15.0 Å². The van der Waals surface area contributed by atoms with E-state index in [1.807, 2.05) is 53.4 Å². The van der Waals surface area contributed by atoms with Crippen LogP contribution in [0.15, 0.2) is 89.1 Å². The second kappa shape index (κ2) is 10.8. The number of aromatic amines is 1. The molecule has 0 radical (unpaired) electrons. The number of fused-ring (bicyclic) bond motifs is 1. The van der Waals surface area contributed by atoms with E-state index in [1.165, 1.54) is 6.07 Å². The third kappa shape index (κ3) is 5.46. The topological polar surface area (TPSA) is 77.5 Å². The number of imidazole rings is 1. The fraction of sp³-hybridized carbons (Fsp3) is 0.290. The average Bonchev–Trinajstić information content (AvgIpc) is 3.42. The molecule has 4 heterocycles. The van der Waals surface area contributed by atoms with Gasteiger partial charge in [-0.1, -0.05) is 36.8 Å². The van der Waals surface area contributed by atoms with Crippen molar-refractivity contribution in [2.45, 2.75) is 38.9 Å². The first kappa shape index (κ1) is 26.7. The Hall–Kier alpha value is -4.47. The van der Waals surface area contributed by atoms with Gasteiger partial charge in [-0.3, -0.25) is 19.7 Å². The first-order valence-corrected chi connectivity index (χ1v) is 13.6. The van der Waals surface area contributed by atoms with Crippen LogP contribution in [0.1, 0.15) is 37.4 Å². The molecule has 0 aliphatic carbocycles. The Balaban J connectivity index is 1.35. The molecular weight excluding hydrogens is 529 g/mol. The Morgan fingerprint density at radius 3 is 2.61 bits per heavy atom. The molecule has 0 saturated heterocycles. The number of benzene rings is 2. The van der Waals surface area contributed by atoms with Crippen LogP contribution in [-0.2, 0) is 17.5 Å². The number of hydrogen-bond acceptors (Lipinski definition) is 5. The van der Waals surface area contributed by atoms with E-state index in [2.05, 4.69) is 21.9 Å². The van der Waals surface area contributed by atoms with Gasteiger partial charge < -0.3 is 9.88 Å². The zero-order valence-electron chi connectivity index (χ0n) is 22.5. The molecule has 1 atom stereocenters. The molecule has 1 N–H and O–H groups in total. The van der Waals surface area contributed by atoms with Crippen LogP contribution in [0.4, 0.5) is 24.8 Å². The Labute approximate surface area is 235 Å². The van der Waals surface area contributed by atoms with Crippen LogP contribution < -0.4 is 9.80 Å². The van der Waals surface area contributed by atoms with E-state index in [0.29, 0.717) is 60.9 Å². The van der Waals surface area contributed by atoms with Gasteiger partial charge >= 0.3 is 6.18 Å². The van der Waals surface area contributed by atoms with Crippen LogP contribution in [-0.4, -0.2) is 39.8 Å². The molecule has 2 aliphatic rings. The molecule has 0 spiro atoms. The van der Waals surface area contributed by atoms with E-state index in [1.54, 1.807) is 11.1 Å². The summed E-state index contributed by atoms with van der Waals surface area (Å²) in [6, 6.07) is 18.7. The SMILES string of the molecule is CC1CCC(=NCc2ccccn2)N(c2ccccc2)C(=O)C2=C1CCN(c1nc3ccc(C(F)(F)F)cc3[nH]1)C2. The van der Waals surface area contributed by atoms with Crippen LogP contribution in [0.25, 0.3) is 11.0 Å². The van der Waals surface area contributed by atoms with Gasteiger partial charge in [0.25, 0.3) is 5.91 Å². The third-order valence-corrected chi connectivity index (χ3v) is 7.76. The number of H-pyrrole nitrogens is 1. The second-order valence-electron chi connectivity index (χ2n) is 10.4. The lowest BCUT2D eigenvalue weighted by Gasteiger charge is -2.37. The minimum Gasteiger partial charge on any atom is -0.338 e. The van der Waals surface area contributed by atoms with Gasteiger partial charge in [0, 0.05) is 24.7 Å². The van der Waals surface area contributed by atoms with Crippen molar-refractivity contribution in [3.05, 3.63) is 95.3 Å². The van der Waals surface area contributed by atoms with Gasteiger partial charge in [0.05, 0.1) is 41.1 Å². The highest BCUT2D eigenvalue weighted by molar-refractivity contribution is 6.23.